The van der Waals surface area contributed by atoms with Crippen molar-refractivity contribution in [3.8, 4) is 22.3 Å². The topological polar surface area (TPSA) is 19.6 Å². The van der Waals surface area contributed by atoms with E-state index in [0.717, 1.165) is 56.1 Å². The van der Waals surface area contributed by atoms with Gasteiger partial charge in [0, 0.05) is 39.2 Å². The molecule has 0 atom stereocenters. The Kier molecular flexibility index (Phi) is 8.89. The Hall–Kier alpha value is -6.62. The zero-order valence-corrected chi connectivity index (χ0v) is 32.4. The predicted octanol–water partition coefficient (Wildman–Crippen LogP) is 14.4. The van der Waals surface area contributed by atoms with Gasteiger partial charge in [0.25, 0.3) is 0 Å². The fourth-order valence-corrected chi connectivity index (χ4v) is 8.68. The van der Waals surface area contributed by atoms with Gasteiger partial charge < -0.3 is 14.2 Å². The van der Waals surface area contributed by atoms with Crippen LogP contribution >= 0.6 is 0 Å². The lowest BCUT2D eigenvalue weighted by atomic mass is 9.99. The van der Waals surface area contributed by atoms with E-state index in [1.165, 1.54) is 27.4 Å². The van der Waals surface area contributed by atoms with E-state index < -0.39 is 8.07 Å². The first kappa shape index (κ1) is 34.2. The van der Waals surface area contributed by atoms with Gasteiger partial charge in [0.2, 0.25) is 0 Å². The van der Waals surface area contributed by atoms with Crippen LogP contribution in [-0.4, -0.2) is 8.07 Å². The largest absolute Gasteiger partial charge is 0.454 e. The van der Waals surface area contributed by atoms with Crippen LogP contribution in [0.25, 0.3) is 44.2 Å². The van der Waals surface area contributed by atoms with Crippen molar-refractivity contribution in [3.63, 3.8) is 0 Å². The second kappa shape index (κ2) is 14.3. The van der Waals surface area contributed by atoms with Crippen molar-refractivity contribution in [1.29, 1.82) is 0 Å². The molecule has 1 aromatic heterocycles. The molecule has 4 heteroatoms. The fraction of sp³-hybridized carbons (Fsp3) is 0.0588. The van der Waals surface area contributed by atoms with Crippen LogP contribution in [0.3, 0.4) is 0 Å². The molecule has 0 aliphatic heterocycles. The van der Waals surface area contributed by atoms with Crippen molar-refractivity contribution in [3.05, 3.63) is 200 Å². The summed E-state index contributed by atoms with van der Waals surface area (Å²) in [5.74, 6) is 0. The molecule has 0 bridgehead atoms. The molecular weight excluding hydrogens is 685 g/mol. The van der Waals surface area contributed by atoms with E-state index in [0.29, 0.717) is 0 Å². The highest BCUT2D eigenvalue weighted by Gasteiger charge is 2.20. The van der Waals surface area contributed by atoms with Gasteiger partial charge in [0.05, 0.1) is 13.8 Å². The first-order chi connectivity index (χ1) is 26.9. The summed E-state index contributed by atoms with van der Waals surface area (Å²) in [5, 5.41) is 3.70. The van der Waals surface area contributed by atoms with E-state index in [1.54, 1.807) is 0 Å². The lowest BCUT2D eigenvalue weighted by Crippen LogP contribution is -2.37. The smallest absolute Gasteiger partial charge is 0.159 e. The highest BCUT2D eigenvalue weighted by molar-refractivity contribution is 6.88. The molecule has 0 saturated carbocycles. The maximum atomic E-state index is 6.48. The number of rotatable bonds is 9. The average Bonchev–Trinajstić information content (AvgIpc) is 3.62. The molecule has 8 aromatic carbocycles. The molecule has 1 heterocycles. The number of anilines is 6. The third-order valence-corrected chi connectivity index (χ3v) is 12.5. The van der Waals surface area contributed by atoms with E-state index >= 15 is 0 Å². The summed E-state index contributed by atoms with van der Waals surface area (Å²) in [6.45, 7) is 7.18. The minimum Gasteiger partial charge on any atom is -0.454 e. The molecule has 0 spiro atoms. The molecular formula is C51H42N2OSi. The Labute approximate surface area is 324 Å². The lowest BCUT2D eigenvalue weighted by molar-refractivity contribution is 0.669. The first-order valence-corrected chi connectivity index (χ1v) is 22.4. The van der Waals surface area contributed by atoms with Crippen LogP contribution in [0.2, 0.25) is 19.6 Å². The normalized spacial score (nSPS) is 11.5. The molecule has 0 fully saturated rings. The Bertz CT molecular complexity index is 2700. The Balaban J connectivity index is 0.988. The number of benzene rings is 8. The molecule has 0 N–H and O–H groups in total. The highest BCUT2D eigenvalue weighted by atomic mass is 28.3. The molecule has 0 radical (unpaired) electrons. The summed E-state index contributed by atoms with van der Waals surface area (Å²) in [5.41, 5.74) is 13.1. The van der Waals surface area contributed by atoms with Crippen LogP contribution in [0.4, 0.5) is 34.1 Å². The second-order valence-electron chi connectivity index (χ2n) is 15.1. The van der Waals surface area contributed by atoms with Crippen LogP contribution in [0, 0.1) is 0 Å². The molecule has 0 amide bonds. The number of para-hydroxylation sites is 4. The van der Waals surface area contributed by atoms with Crippen LogP contribution in [0.5, 0.6) is 0 Å². The van der Waals surface area contributed by atoms with Gasteiger partial charge in [-0.3, -0.25) is 0 Å². The lowest BCUT2D eigenvalue weighted by Gasteiger charge is -2.26. The molecule has 9 rings (SSSR count). The minimum atomic E-state index is -1.39. The summed E-state index contributed by atoms with van der Waals surface area (Å²) in [6.07, 6.45) is 0. The average molecular weight is 727 g/mol. The number of hydrogen-bond acceptors (Lipinski definition) is 3. The molecule has 55 heavy (non-hydrogen) atoms. The van der Waals surface area contributed by atoms with Crippen molar-refractivity contribution < 1.29 is 4.42 Å². The monoisotopic (exact) mass is 726 g/mol. The Morgan fingerprint density at radius 3 is 1.27 bits per heavy atom. The summed E-state index contributed by atoms with van der Waals surface area (Å²) in [4.78, 5) is 4.61. The molecule has 266 valence electrons. The van der Waals surface area contributed by atoms with Gasteiger partial charge in [-0.2, -0.15) is 0 Å². The number of hydrogen-bond donors (Lipinski definition) is 0. The fourth-order valence-electron chi connectivity index (χ4n) is 7.51. The number of nitrogens with zero attached hydrogens (tertiary/aromatic N) is 2. The van der Waals surface area contributed by atoms with Gasteiger partial charge in [0.15, 0.2) is 5.58 Å². The van der Waals surface area contributed by atoms with Crippen molar-refractivity contribution in [2.24, 2.45) is 0 Å². The number of fused-ring (bicyclic) bond motifs is 3. The van der Waals surface area contributed by atoms with Crippen molar-refractivity contribution >= 4 is 69.3 Å². The molecule has 0 aliphatic rings. The third-order valence-electron chi connectivity index (χ3n) is 10.4. The van der Waals surface area contributed by atoms with E-state index in [1.807, 2.05) is 12.1 Å². The van der Waals surface area contributed by atoms with Crippen LogP contribution in [-0.2, 0) is 0 Å². The summed E-state index contributed by atoms with van der Waals surface area (Å²) in [6, 6.07) is 71.5. The zero-order valence-electron chi connectivity index (χ0n) is 31.4. The quantitative estimate of drug-likeness (QED) is 0.138. The van der Waals surface area contributed by atoms with E-state index in [-0.39, 0.29) is 0 Å². The van der Waals surface area contributed by atoms with Gasteiger partial charge in [-0.15, -0.1) is 0 Å². The molecule has 0 aliphatic carbocycles. The van der Waals surface area contributed by atoms with Gasteiger partial charge in [-0.25, -0.2) is 0 Å². The molecule has 9 aromatic rings. The zero-order chi connectivity index (χ0) is 37.4. The third kappa shape index (κ3) is 6.73. The van der Waals surface area contributed by atoms with Crippen LogP contribution < -0.4 is 15.0 Å². The molecule has 0 saturated heterocycles. The minimum absolute atomic E-state index is 0.879. The summed E-state index contributed by atoms with van der Waals surface area (Å²) in [7, 11) is -1.39. The van der Waals surface area contributed by atoms with E-state index in [2.05, 4.69) is 217 Å². The summed E-state index contributed by atoms with van der Waals surface area (Å²) >= 11 is 0. The van der Waals surface area contributed by atoms with Gasteiger partial charge >= 0.3 is 0 Å². The van der Waals surface area contributed by atoms with Gasteiger partial charge in [-0.05, 0) is 95.1 Å². The first-order valence-electron chi connectivity index (χ1n) is 18.9. The number of furan rings is 1. The molecule has 0 unspecified atom stereocenters. The Morgan fingerprint density at radius 2 is 0.745 bits per heavy atom. The standard InChI is InChI=1S/C51H42N2OSi/c1-55(2,3)46-35-33-44(34-36-46)52(41-13-6-4-7-14-41)43-29-25-39(26-30-43)37-21-23-38(24-22-37)40-27-31-45(32-28-40)53(42-15-8-5-9-16-42)49-19-12-18-48-47-17-10-11-20-50(47)54-51(48)49/h4-36H,1-3H3. The van der Waals surface area contributed by atoms with Crippen molar-refractivity contribution in [2.75, 3.05) is 9.80 Å². The van der Waals surface area contributed by atoms with Crippen LogP contribution in [0.1, 0.15) is 0 Å². The maximum Gasteiger partial charge on any atom is 0.159 e. The highest BCUT2D eigenvalue weighted by Crippen LogP contribution is 2.42. The predicted molar refractivity (Wildman–Crippen MR) is 237 cm³/mol. The van der Waals surface area contributed by atoms with E-state index in [9.17, 15) is 0 Å². The second-order valence-corrected chi connectivity index (χ2v) is 20.1. The Morgan fingerprint density at radius 1 is 0.345 bits per heavy atom. The van der Waals surface area contributed by atoms with Crippen molar-refractivity contribution in [2.45, 2.75) is 19.6 Å². The van der Waals surface area contributed by atoms with Gasteiger partial charge in [0.1, 0.15) is 5.58 Å². The molecule has 3 nitrogen and oxygen atoms in total. The van der Waals surface area contributed by atoms with Gasteiger partial charge in [-0.1, -0.05) is 152 Å². The van der Waals surface area contributed by atoms with Crippen LogP contribution in [0.15, 0.2) is 205 Å². The summed E-state index contributed by atoms with van der Waals surface area (Å²) < 4.78 is 6.48. The van der Waals surface area contributed by atoms with Crippen molar-refractivity contribution in [1.82, 2.24) is 0 Å². The maximum absolute atomic E-state index is 6.48. The SMILES string of the molecule is C[Si](C)(C)c1ccc(N(c2ccccc2)c2ccc(-c3ccc(-c4ccc(N(c5ccccc5)c5cccc6c5oc5ccccc56)cc4)cc3)cc2)cc1. The van der Waals surface area contributed by atoms with E-state index in [4.69, 9.17) is 4.42 Å².